The van der Waals surface area contributed by atoms with Crippen molar-refractivity contribution in [3.63, 3.8) is 0 Å². The Balaban J connectivity index is 1.89. The van der Waals surface area contributed by atoms with E-state index in [0.29, 0.717) is 41.8 Å². The highest BCUT2D eigenvalue weighted by atomic mass is 16.5. The molecule has 0 amide bonds. The van der Waals surface area contributed by atoms with Gasteiger partial charge in [0.1, 0.15) is 0 Å². The molecule has 0 saturated heterocycles. The average molecular weight is 397 g/mol. The molecule has 4 rings (SSSR count). The Kier molecular flexibility index (Phi) is 5.21. The first-order chi connectivity index (χ1) is 13.9. The number of benzene rings is 1. The molecule has 2 aromatic rings. The van der Waals surface area contributed by atoms with Gasteiger partial charge in [-0.25, -0.2) is 0 Å². The molecule has 29 heavy (non-hydrogen) atoms. The minimum atomic E-state index is -0.0684. The smallest absolute Gasteiger partial charge is 0.204 e. The number of Topliss-reactive ketones (excluding diaryl/α,β-unsaturated/α-hetero) is 1. The minimum absolute atomic E-state index is 0.00389. The second-order valence-corrected chi connectivity index (χ2v) is 8.15. The lowest BCUT2D eigenvalue weighted by atomic mass is 9.84. The van der Waals surface area contributed by atoms with Gasteiger partial charge in [0.2, 0.25) is 5.78 Å². The first kappa shape index (κ1) is 19.7. The molecule has 0 N–H and O–H groups in total. The fourth-order valence-corrected chi connectivity index (χ4v) is 4.27. The van der Waals surface area contributed by atoms with E-state index in [-0.39, 0.29) is 23.9 Å². The topological polar surface area (TPSA) is 66.8 Å². The van der Waals surface area contributed by atoms with Crippen LogP contribution in [0.3, 0.4) is 0 Å². The lowest BCUT2D eigenvalue weighted by Gasteiger charge is -2.34. The van der Waals surface area contributed by atoms with Gasteiger partial charge in [0.15, 0.2) is 23.5 Å². The van der Waals surface area contributed by atoms with Gasteiger partial charge in [0, 0.05) is 49.6 Å². The van der Waals surface area contributed by atoms with Crippen LogP contribution >= 0.6 is 0 Å². The van der Waals surface area contributed by atoms with Crippen molar-refractivity contribution in [3.8, 4) is 22.8 Å². The summed E-state index contributed by atoms with van der Waals surface area (Å²) in [7, 11) is 1.66. The van der Waals surface area contributed by atoms with Crippen LogP contribution < -0.4 is 14.9 Å². The minimum Gasteiger partial charge on any atom is -0.490 e. The molecule has 2 aliphatic heterocycles. The Morgan fingerprint density at radius 1 is 1.21 bits per heavy atom. The molecule has 1 unspecified atom stereocenters. The Morgan fingerprint density at radius 3 is 2.72 bits per heavy atom. The molecule has 1 aromatic heterocycles. The summed E-state index contributed by atoms with van der Waals surface area (Å²) in [6, 6.07) is 3.85. The maximum absolute atomic E-state index is 12.8. The number of ketones is 1. The summed E-state index contributed by atoms with van der Waals surface area (Å²) >= 11 is 0. The summed E-state index contributed by atoms with van der Waals surface area (Å²) in [5, 5.41) is 0. The molecular formula is C23H27NO5. The number of rotatable bonds is 6. The van der Waals surface area contributed by atoms with Gasteiger partial charge in [-0.15, -0.1) is 0 Å². The number of nitrogens with zero attached hydrogens (tertiary/aromatic N) is 1. The predicted molar refractivity (Wildman–Crippen MR) is 110 cm³/mol. The number of pyridine rings is 1. The van der Waals surface area contributed by atoms with Crippen LogP contribution in [0.15, 0.2) is 23.1 Å². The fourth-order valence-electron chi connectivity index (χ4n) is 4.27. The van der Waals surface area contributed by atoms with Gasteiger partial charge in [0.05, 0.1) is 17.9 Å². The Hall–Kier alpha value is -2.60. The summed E-state index contributed by atoms with van der Waals surface area (Å²) in [4.78, 5) is 25.2. The van der Waals surface area contributed by atoms with Crippen LogP contribution in [0.5, 0.6) is 11.5 Å². The van der Waals surface area contributed by atoms with E-state index in [2.05, 4.69) is 18.4 Å². The number of hydrogen-bond donors (Lipinski definition) is 0. The van der Waals surface area contributed by atoms with Gasteiger partial charge in [-0.3, -0.25) is 9.59 Å². The van der Waals surface area contributed by atoms with Crippen LogP contribution in [-0.2, 0) is 11.2 Å². The van der Waals surface area contributed by atoms with Gasteiger partial charge in [-0.1, -0.05) is 13.8 Å². The normalized spacial score (nSPS) is 17.0. The number of ether oxygens (including phenoxy) is 3. The van der Waals surface area contributed by atoms with Crippen molar-refractivity contribution in [1.29, 1.82) is 0 Å². The van der Waals surface area contributed by atoms with E-state index in [1.54, 1.807) is 13.2 Å². The van der Waals surface area contributed by atoms with Crippen molar-refractivity contribution < 1.29 is 19.0 Å². The molecule has 1 aromatic carbocycles. The average Bonchev–Trinajstić information content (AvgIpc) is 3.07. The van der Waals surface area contributed by atoms with Gasteiger partial charge in [-0.2, -0.15) is 0 Å². The highest BCUT2D eigenvalue weighted by Gasteiger charge is 2.36. The number of fused-ring (bicyclic) bond motifs is 5. The monoisotopic (exact) mass is 397 g/mol. The number of aromatic nitrogens is 1. The molecule has 6 heteroatoms. The molecule has 0 spiro atoms. The van der Waals surface area contributed by atoms with Crippen LogP contribution in [0.25, 0.3) is 11.3 Å². The lowest BCUT2D eigenvalue weighted by molar-refractivity contribution is 0.0960. The van der Waals surface area contributed by atoms with Gasteiger partial charge in [-0.05, 0) is 30.9 Å². The summed E-state index contributed by atoms with van der Waals surface area (Å²) in [6.45, 7) is 7.28. The molecule has 0 bridgehead atoms. The summed E-state index contributed by atoms with van der Waals surface area (Å²) in [5.74, 6) is 1.40. The van der Waals surface area contributed by atoms with E-state index >= 15 is 0 Å². The van der Waals surface area contributed by atoms with E-state index in [1.807, 2.05) is 19.2 Å². The third-order valence-electron chi connectivity index (χ3n) is 5.78. The van der Waals surface area contributed by atoms with Crippen LogP contribution in [0.1, 0.15) is 47.8 Å². The molecule has 0 radical (unpaired) electrons. The Morgan fingerprint density at radius 2 is 2.00 bits per heavy atom. The van der Waals surface area contributed by atoms with Crippen molar-refractivity contribution >= 4 is 5.78 Å². The van der Waals surface area contributed by atoms with Crippen molar-refractivity contribution in [2.75, 3.05) is 26.9 Å². The molecular weight excluding hydrogens is 370 g/mol. The van der Waals surface area contributed by atoms with Crippen LogP contribution in [0, 0.1) is 12.8 Å². The Bertz CT molecular complexity index is 1020. The van der Waals surface area contributed by atoms with Crippen molar-refractivity contribution in [2.24, 2.45) is 5.92 Å². The zero-order valence-corrected chi connectivity index (χ0v) is 17.4. The lowest BCUT2D eigenvalue weighted by Crippen LogP contribution is -2.27. The van der Waals surface area contributed by atoms with E-state index < -0.39 is 0 Å². The number of carbonyl (C=O) groups excluding carboxylic acids is 1. The van der Waals surface area contributed by atoms with E-state index in [9.17, 15) is 9.59 Å². The predicted octanol–water partition coefficient (Wildman–Crippen LogP) is 3.57. The highest BCUT2D eigenvalue weighted by molar-refractivity contribution is 6.09. The van der Waals surface area contributed by atoms with E-state index in [4.69, 9.17) is 14.2 Å². The number of carbonyl (C=O) groups is 1. The first-order valence-electron chi connectivity index (χ1n) is 10.1. The number of aryl methyl sites for hydroxylation is 1. The number of hydrogen-bond acceptors (Lipinski definition) is 5. The molecule has 0 saturated carbocycles. The Labute approximate surface area is 170 Å². The zero-order chi connectivity index (χ0) is 20.7. The first-order valence-corrected chi connectivity index (χ1v) is 10.1. The van der Waals surface area contributed by atoms with Gasteiger partial charge < -0.3 is 18.8 Å². The van der Waals surface area contributed by atoms with E-state index in [1.165, 1.54) is 0 Å². The SMILES string of the molecule is COCCCOc1cc2c(c3c1OCC3=O)-c1cc(=O)c(C)cn1C(C(C)C)C2. The van der Waals surface area contributed by atoms with Crippen molar-refractivity contribution in [2.45, 2.75) is 39.7 Å². The maximum Gasteiger partial charge on any atom is 0.204 e. The summed E-state index contributed by atoms with van der Waals surface area (Å²) in [6.07, 6.45) is 3.45. The largest absolute Gasteiger partial charge is 0.490 e. The zero-order valence-electron chi connectivity index (χ0n) is 17.4. The van der Waals surface area contributed by atoms with Crippen LogP contribution in [-0.4, -0.2) is 37.3 Å². The molecule has 0 aliphatic carbocycles. The van der Waals surface area contributed by atoms with Gasteiger partial charge in [0.25, 0.3) is 0 Å². The fraction of sp³-hybridized carbons (Fsp3) is 0.478. The molecule has 0 fully saturated rings. The van der Waals surface area contributed by atoms with Crippen molar-refractivity contribution in [3.05, 3.63) is 45.2 Å². The van der Waals surface area contributed by atoms with Crippen LogP contribution in [0.2, 0.25) is 0 Å². The summed E-state index contributed by atoms with van der Waals surface area (Å²) in [5.41, 5.74) is 3.88. The summed E-state index contributed by atoms with van der Waals surface area (Å²) < 4.78 is 18.9. The second kappa shape index (κ2) is 7.67. The van der Waals surface area contributed by atoms with Crippen molar-refractivity contribution in [1.82, 2.24) is 4.57 Å². The molecule has 3 heterocycles. The molecule has 6 nitrogen and oxygen atoms in total. The van der Waals surface area contributed by atoms with Gasteiger partial charge >= 0.3 is 0 Å². The molecule has 154 valence electrons. The molecule has 1 atom stereocenters. The third-order valence-corrected chi connectivity index (χ3v) is 5.78. The second-order valence-electron chi connectivity index (χ2n) is 8.15. The van der Waals surface area contributed by atoms with Crippen LogP contribution in [0.4, 0.5) is 0 Å². The van der Waals surface area contributed by atoms with E-state index in [0.717, 1.165) is 29.7 Å². The number of methoxy groups -OCH3 is 1. The standard InChI is InChI=1S/C23H27NO5/c1-13(2)16-8-15-9-20(28-7-5-6-27-4)23-22(19(26)12-29-23)21(15)17-10-18(25)14(3)11-24(16)17/h9-11,13,16H,5-8,12H2,1-4H3. The molecule has 2 aliphatic rings. The third kappa shape index (κ3) is 3.35. The highest BCUT2D eigenvalue weighted by Crippen LogP contribution is 2.48. The maximum atomic E-state index is 12.8. The quantitative estimate of drug-likeness (QED) is 0.697.